The number of aryl methyl sites for hydroxylation is 1. The van der Waals surface area contributed by atoms with Crippen molar-refractivity contribution in [2.75, 3.05) is 11.4 Å². The average Bonchev–Trinajstić information content (AvgIpc) is 3.14. The van der Waals surface area contributed by atoms with Gasteiger partial charge in [0.05, 0.1) is 5.92 Å². The summed E-state index contributed by atoms with van der Waals surface area (Å²) in [5.41, 5.74) is 6.67. The zero-order valence-electron chi connectivity index (χ0n) is 16.8. The summed E-state index contributed by atoms with van der Waals surface area (Å²) in [7, 11) is 0. The first-order valence-corrected chi connectivity index (χ1v) is 9.58. The van der Waals surface area contributed by atoms with Crippen LogP contribution in [0.15, 0.2) is 54.6 Å². The average molecular weight is 409 g/mol. The Hall–Kier alpha value is -3.68. The lowest BCUT2D eigenvalue weighted by atomic mass is 10.1. The van der Waals surface area contributed by atoms with Crippen molar-refractivity contribution in [3.63, 3.8) is 0 Å². The highest BCUT2D eigenvalue weighted by atomic mass is 16.5. The molecular formula is C22H23N3O5. The van der Waals surface area contributed by atoms with Crippen molar-refractivity contribution >= 4 is 29.4 Å². The molecule has 156 valence electrons. The van der Waals surface area contributed by atoms with E-state index in [1.165, 1.54) is 11.8 Å². The first-order valence-electron chi connectivity index (χ1n) is 9.58. The van der Waals surface area contributed by atoms with E-state index in [0.29, 0.717) is 5.56 Å². The number of rotatable bonds is 5. The second kappa shape index (κ2) is 9.21. The quantitative estimate of drug-likeness (QED) is 0.578. The Kier molecular flexibility index (Phi) is 6.46. The number of hydrogen-bond acceptors (Lipinski definition) is 5. The molecule has 0 unspecified atom stereocenters. The molecule has 2 aromatic carbocycles. The number of hydrogen-bond donors (Lipinski definition) is 2. The number of benzene rings is 2. The molecule has 1 fully saturated rings. The lowest BCUT2D eigenvalue weighted by Gasteiger charge is -2.18. The molecule has 30 heavy (non-hydrogen) atoms. The molecule has 0 saturated carbocycles. The summed E-state index contributed by atoms with van der Waals surface area (Å²) >= 11 is 0. The Morgan fingerprint density at radius 2 is 1.70 bits per heavy atom. The van der Waals surface area contributed by atoms with Crippen LogP contribution in [0.1, 0.15) is 29.3 Å². The highest BCUT2D eigenvalue weighted by Gasteiger charge is 2.37. The maximum absolute atomic E-state index is 12.4. The molecule has 0 bridgehead atoms. The molecule has 0 aromatic heterocycles. The van der Waals surface area contributed by atoms with Gasteiger partial charge in [0.15, 0.2) is 6.10 Å². The first kappa shape index (κ1) is 21.0. The summed E-state index contributed by atoms with van der Waals surface area (Å²) in [5.74, 6) is -2.62. The maximum Gasteiger partial charge on any atom is 0.312 e. The largest absolute Gasteiger partial charge is 0.452 e. The molecule has 0 aliphatic carbocycles. The molecular weight excluding hydrogens is 386 g/mol. The molecule has 0 radical (unpaired) electrons. The number of esters is 1. The maximum atomic E-state index is 12.4. The highest BCUT2D eigenvalue weighted by Crippen LogP contribution is 2.26. The van der Waals surface area contributed by atoms with Gasteiger partial charge < -0.3 is 9.64 Å². The number of amides is 3. The van der Waals surface area contributed by atoms with Crippen LogP contribution < -0.4 is 15.8 Å². The topological polar surface area (TPSA) is 105 Å². The molecule has 3 amide bonds. The predicted molar refractivity (Wildman–Crippen MR) is 109 cm³/mol. The fraction of sp³-hybridized carbons (Fsp3) is 0.273. The minimum Gasteiger partial charge on any atom is -0.452 e. The van der Waals surface area contributed by atoms with Gasteiger partial charge >= 0.3 is 5.97 Å². The zero-order valence-corrected chi connectivity index (χ0v) is 16.8. The van der Waals surface area contributed by atoms with Gasteiger partial charge in [0.2, 0.25) is 5.91 Å². The minimum absolute atomic E-state index is 0.0196. The van der Waals surface area contributed by atoms with Crippen LogP contribution >= 0.6 is 0 Å². The van der Waals surface area contributed by atoms with Gasteiger partial charge in [0.1, 0.15) is 0 Å². The van der Waals surface area contributed by atoms with E-state index in [-0.39, 0.29) is 18.9 Å². The number of hydrazine groups is 1. The second-order valence-electron chi connectivity index (χ2n) is 7.13. The summed E-state index contributed by atoms with van der Waals surface area (Å²) in [6.45, 7) is 3.54. The summed E-state index contributed by atoms with van der Waals surface area (Å²) in [6, 6.07) is 15.8. The Morgan fingerprint density at radius 3 is 2.37 bits per heavy atom. The monoisotopic (exact) mass is 409 g/mol. The van der Waals surface area contributed by atoms with Gasteiger partial charge in [-0.25, -0.2) is 0 Å². The molecule has 8 heteroatoms. The normalized spacial score (nSPS) is 16.7. The Labute approximate surface area is 174 Å². The van der Waals surface area contributed by atoms with E-state index < -0.39 is 29.8 Å². The number of nitrogens with zero attached hydrogens (tertiary/aromatic N) is 1. The van der Waals surface area contributed by atoms with Crippen LogP contribution in [-0.2, 0) is 19.1 Å². The second-order valence-corrected chi connectivity index (χ2v) is 7.13. The molecule has 2 N–H and O–H groups in total. The standard InChI is InChI=1S/C22H23N3O5/c1-14-8-10-18(11-9-14)25-13-17(12-19(25)26)22(29)30-15(2)20(27)23-24-21(28)16-6-4-3-5-7-16/h3-11,15,17H,12-13H2,1-2H3,(H,23,27)(H,24,28)/t15-,17+/m0/s1. The van der Waals surface area contributed by atoms with Crippen LogP contribution in [0.25, 0.3) is 0 Å². The molecule has 1 heterocycles. The van der Waals surface area contributed by atoms with Crippen LogP contribution in [0.3, 0.4) is 0 Å². The molecule has 1 aliphatic heterocycles. The lowest BCUT2D eigenvalue weighted by molar-refractivity contribution is -0.158. The van der Waals surface area contributed by atoms with E-state index >= 15 is 0 Å². The van der Waals surface area contributed by atoms with Gasteiger partial charge in [-0.3, -0.25) is 30.0 Å². The highest BCUT2D eigenvalue weighted by molar-refractivity contribution is 6.00. The Morgan fingerprint density at radius 1 is 1.03 bits per heavy atom. The molecule has 2 atom stereocenters. The lowest BCUT2D eigenvalue weighted by Crippen LogP contribution is -2.47. The first-order chi connectivity index (χ1) is 14.3. The smallest absolute Gasteiger partial charge is 0.312 e. The van der Waals surface area contributed by atoms with Crippen molar-refractivity contribution in [2.45, 2.75) is 26.4 Å². The van der Waals surface area contributed by atoms with Gasteiger partial charge in [0.25, 0.3) is 11.8 Å². The van der Waals surface area contributed by atoms with Gasteiger partial charge in [-0.05, 0) is 38.1 Å². The predicted octanol–water partition coefficient (Wildman–Crippen LogP) is 1.74. The van der Waals surface area contributed by atoms with E-state index in [1.54, 1.807) is 30.3 Å². The summed E-state index contributed by atoms with van der Waals surface area (Å²) in [5, 5.41) is 0. The Bertz CT molecular complexity index is 943. The molecule has 2 aromatic rings. The van der Waals surface area contributed by atoms with Crippen molar-refractivity contribution in [1.82, 2.24) is 10.9 Å². The van der Waals surface area contributed by atoms with Crippen LogP contribution in [-0.4, -0.2) is 36.3 Å². The fourth-order valence-electron chi connectivity index (χ4n) is 3.05. The van der Waals surface area contributed by atoms with E-state index in [4.69, 9.17) is 4.74 Å². The van der Waals surface area contributed by atoms with Gasteiger partial charge in [-0.15, -0.1) is 0 Å². The molecule has 0 spiro atoms. The zero-order chi connectivity index (χ0) is 21.7. The van der Waals surface area contributed by atoms with Gasteiger partial charge in [-0.2, -0.15) is 0 Å². The molecule has 8 nitrogen and oxygen atoms in total. The van der Waals surface area contributed by atoms with Gasteiger partial charge in [0, 0.05) is 24.2 Å². The third-order valence-electron chi connectivity index (χ3n) is 4.80. The number of carbonyl (C=O) groups excluding carboxylic acids is 4. The Balaban J connectivity index is 1.50. The summed E-state index contributed by atoms with van der Waals surface area (Å²) in [6.07, 6.45) is -1.11. The van der Waals surface area contributed by atoms with E-state index in [9.17, 15) is 19.2 Å². The molecule has 1 saturated heterocycles. The van der Waals surface area contributed by atoms with Crippen LogP contribution in [0.5, 0.6) is 0 Å². The number of carbonyl (C=O) groups is 4. The number of ether oxygens (including phenoxy) is 1. The van der Waals surface area contributed by atoms with Gasteiger partial charge in [-0.1, -0.05) is 35.9 Å². The number of anilines is 1. The van der Waals surface area contributed by atoms with E-state index in [1.807, 2.05) is 31.2 Å². The van der Waals surface area contributed by atoms with Crippen LogP contribution in [0.4, 0.5) is 5.69 Å². The van der Waals surface area contributed by atoms with Crippen molar-refractivity contribution in [3.8, 4) is 0 Å². The number of nitrogens with one attached hydrogen (secondary N) is 2. The minimum atomic E-state index is -1.13. The van der Waals surface area contributed by atoms with Crippen molar-refractivity contribution in [3.05, 3.63) is 65.7 Å². The molecule has 1 aliphatic rings. The van der Waals surface area contributed by atoms with Crippen molar-refractivity contribution < 1.29 is 23.9 Å². The van der Waals surface area contributed by atoms with Crippen LogP contribution in [0, 0.1) is 12.8 Å². The third-order valence-corrected chi connectivity index (χ3v) is 4.80. The van der Waals surface area contributed by atoms with Crippen molar-refractivity contribution in [1.29, 1.82) is 0 Å². The summed E-state index contributed by atoms with van der Waals surface area (Å²) < 4.78 is 5.20. The van der Waals surface area contributed by atoms with Crippen molar-refractivity contribution in [2.24, 2.45) is 5.92 Å². The van der Waals surface area contributed by atoms with E-state index in [2.05, 4.69) is 10.9 Å². The SMILES string of the molecule is Cc1ccc(N2C[C@H](C(=O)O[C@@H](C)C(=O)NNC(=O)c3ccccc3)CC2=O)cc1. The fourth-order valence-corrected chi connectivity index (χ4v) is 3.05. The molecule has 3 rings (SSSR count). The third kappa shape index (κ3) is 5.02. The van der Waals surface area contributed by atoms with E-state index in [0.717, 1.165) is 11.3 Å². The summed E-state index contributed by atoms with van der Waals surface area (Å²) in [4.78, 5) is 50.3. The van der Waals surface area contributed by atoms with Crippen LogP contribution in [0.2, 0.25) is 0 Å².